The normalized spacial score (nSPS) is 10.6. The van der Waals surface area contributed by atoms with Gasteiger partial charge in [0.2, 0.25) is 5.91 Å². The van der Waals surface area contributed by atoms with Crippen LogP contribution in [0.2, 0.25) is 5.02 Å². The molecule has 0 aliphatic heterocycles. The van der Waals surface area contributed by atoms with Crippen LogP contribution in [-0.2, 0) is 4.79 Å². The predicted molar refractivity (Wildman–Crippen MR) is 103 cm³/mol. The molecule has 4 nitrogen and oxygen atoms in total. The summed E-state index contributed by atoms with van der Waals surface area (Å²) in [6.07, 6.45) is 1.61. The number of benzene rings is 2. The summed E-state index contributed by atoms with van der Waals surface area (Å²) in [6.45, 7) is 5.90. The maximum absolute atomic E-state index is 12.4. The monoisotopic (exact) mass is 358 g/mol. The Balaban J connectivity index is 2.05. The molecule has 2 aromatic rings. The van der Waals surface area contributed by atoms with Crippen LogP contribution >= 0.6 is 11.6 Å². The lowest BCUT2D eigenvalue weighted by atomic mass is 10.0. The highest BCUT2D eigenvalue weighted by Crippen LogP contribution is 2.21. The minimum atomic E-state index is -0.219. The van der Waals surface area contributed by atoms with Crippen molar-refractivity contribution >= 4 is 34.8 Å². The van der Waals surface area contributed by atoms with Crippen molar-refractivity contribution in [3.63, 3.8) is 0 Å². The van der Waals surface area contributed by atoms with Crippen LogP contribution in [0.3, 0.4) is 0 Å². The highest BCUT2D eigenvalue weighted by molar-refractivity contribution is 6.31. The number of hydrogen-bond acceptors (Lipinski definition) is 2. The van der Waals surface area contributed by atoms with Gasteiger partial charge in [0, 0.05) is 27.9 Å². The number of aryl methyl sites for hydroxylation is 1. The topological polar surface area (TPSA) is 58.2 Å². The van der Waals surface area contributed by atoms with Crippen molar-refractivity contribution in [1.29, 1.82) is 0 Å². The third-order valence-corrected chi connectivity index (χ3v) is 4.45. The van der Waals surface area contributed by atoms with Crippen molar-refractivity contribution in [3.05, 3.63) is 58.6 Å². The van der Waals surface area contributed by atoms with E-state index >= 15 is 0 Å². The van der Waals surface area contributed by atoms with Crippen molar-refractivity contribution in [2.24, 2.45) is 5.92 Å². The molecule has 2 aromatic carbocycles. The summed E-state index contributed by atoms with van der Waals surface area (Å²) in [5.41, 5.74) is 2.82. The molecule has 0 radical (unpaired) electrons. The Morgan fingerprint density at radius 1 is 1.00 bits per heavy atom. The summed E-state index contributed by atoms with van der Waals surface area (Å²) in [5.74, 6) is -0.200. The summed E-state index contributed by atoms with van der Waals surface area (Å²) in [7, 11) is 0. The third kappa shape index (κ3) is 5.07. The van der Waals surface area contributed by atoms with Crippen LogP contribution in [0.5, 0.6) is 0 Å². The summed E-state index contributed by atoms with van der Waals surface area (Å²) in [5, 5.41) is 6.31. The average molecular weight is 359 g/mol. The summed E-state index contributed by atoms with van der Waals surface area (Å²) in [4.78, 5) is 24.5. The van der Waals surface area contributed by atoms with Gasteiger partial charge in [0.15, 0.2) is 0 Å². The van der Waals surface area contributed by atoms with Gasteiger partial charge in [-0.05, 0) is 61.7 Å². The molecule has 0 heterocycles. The first-order valence-electron chi connectivity index (χ1n) is 8.43. The van der Waals surface area contributed by atoms with E-state index in [0.29, 0.717) is 22.0 Å². The van der Waals surface area contributed by atoms with Gasteiger partial charge in [-0.15, -0.1) is 0 Å². The molecule has 0 spiro atoms. The van der Waals surface area contributed by atoms with E-state index in [1.807, 2.05) is 26.8 Å². The van der Waals surface area contributed by atoms with Gasteiger partial charge < -0.3 is 10.6 Å². The number of rotatable bonds is 6. The van der Waals surface area contributed by atoms with Crippen LogP contribution in [0, 0.1) is 12.8 Å². The van der Waals surface area contributed by atoms with Gasteiger partial charge in [-0.2, -0.15) is 0 Å². The lowest BCUT2D eigenvalue weighted by Crippen LogP contribution is -2.21. The Morgan fingerprint density at radius 2 is 1.64 bits per heavy atom. The second kappa shape index (κ2) is 8.67. The minimum Gasteiger partial charge on any atom is -0.326 e. The summed E-state index contributed by atoms with van der Waals surface area (Å²) < 4.78 is 0. The Labute approximate surface area is 153 Å². The molecule has 5 heteroatoms. The van der Waals surface area contributed by atoms with Crippen LogP contribution in [0.25, 0.3) is 0 Å². The minimum absolute atomic E-state index is 0.00813. The van der Waals surface area contributed by atoms with Gasteiger partial charge in [0.25, 0.3) is 5.91 Å². The Bertz CT molecular complexity index is 753. The number of nitrogens with one attached hydrogen (secondary N) is 2. The molecule has 0 aliphatic carbocycles. The van der Waals surface area contributed by atoms with Gasteiger partial charge in [-0.3, -0.25) is 9.59 Å². The Morgan fingerprint density at radius 3 is 2.24 bits per heavy atom. The molecule has 0 fully saturated rings. The molecule has 25 heavy (non-hydrogen) atoms. The number of halogens is 1. The van der Waals surface area contributed by atoms with Crippen LogP contribution < -0.4 is 10.6 Å². The zero-order valence-corrected chi connectivity index (χ0v) is 15.5. The summed E-state index contributed by atoms with van der Waals surface area (Å²) in [6, 6.07) is 12.2. The summed E-state index contributed by atoms with van der Waals surface area (Å²) >= 11 is 5.97. The van der Waals surface area contributed by atoms with Gasteiger partial charge in [-0.1, -0.05) is 31.5 Å². The molecule has 2 amide bonds. The lowest BCUT2D eigenvalue weighted by molar-refractivity contribution is -0.120. The van der Waals surface area contributed by atoms with Crippen molar-refractivity contribution in [3.8, 4) is 0 Å². The second-order valence-corrected chi connectivity index (χ2v) is 6.43. The molecule has 132 valence electrons. The zero-order valence-electron chi connectivity index (χ0n) is 14.7. The number of carbonyl (C=O) groups excluding carboxylic acids is 2. The number of anilines is 2. The van der Waals surface area contributed by atoms with Crippen molar-refractivity contribution in [2.75, 3.05) is 10.6 Å². The largest absolute Gasteiger partial charge is 0.326 e. The maximum atomic E-state index is 12.4. The van der Waals surface area contributed by atoms with Gasteiger partial charge in [-0.25, -0.2) is 0 Å². The molecule has 0 aliphatic rings. The van der Waals surface area contributed by atoms with E-state index in [1.165, 1.54) is 0 Å². The zero-order chi connectivity index (χ0) is 18.4. The predicted octanol–water partition coefficient (Wildman–Crippen LogP) is 5.28. The van der Waals surface area contributed by atoms with Crippen LogP contribution in [-0.4, -0.2) is 11.8 Å². The smallest absolute Gasteiger partial charge is 0.255 e. The van der Waals surface area contributed by atoms with E-state index in [2.05, 4.69) is 10.6 Å². The highest BCUT2D eigenvalue weighted by Gasteiger charge is 2.14. The van der Waals surface area contributed by atoms with Crippen molar-refractivity contribution in [2.45, 2.75) is 33.6 Å². The van der Waals surface area contributed by atoms with Crippen molar-refractivity contribution in [1.82, 2.24) is 0 Å². The Hall–Kier alpha value is -2.33. The standard InChI is InChI=1S/C20H23ClN2O2/c1-4-14(5-2)19(24)22-17-10-7-15(8-11-17)20(25)23-18-12-16(21)9-6-13(18)3/h6-12,14H,4-5H2,1-3H3,(H,22,24)(H,23,25). The van der Waals surface area contributed by atoms with E-state index in [-0.39, 0.29) is 17.7 Å². The SMILES string of the molecule is CCC(CC)C(=O)Nc1ccc(C(=O)Nc2cc(Cl)ccc2C)cc1. The fourth-order valence-electron chi connectivity index (χ4n) is 2.53. The first kappa shape index (κ1) is 19.0. The van der Waals surface area contributed by atoms with Crippen LogP contribution in [0.1, 0.15) is 42.6 Å². The second-order valence-electron chi connectivity index (χ2n) is 5.99. The van der Waals surface area contributed by atoms with Gasteiger partial charge >= 0.3 is 0 Å². The quantitative estimate of drug-likeness (QED) is 0.738. The number of hydrogen-bond donors (Lipinski definition) is 2. The van der Waals surface area contributed by atoms with E-state index < -0.39 is 0 Å². The van der Waals surface area contributed by atoms with E-state index in [1.54, 1.807) is 36.4 Å². The first-order chi connectivity index (χ1) is 11.9. The van der Waals surface area contributed by atoms with E-state index in [4.69, 9.17) is 11.6 Å². The molecule has 2 N–H and O–H groups in total. The fourth-order valence-corrected chi connectivity index (χ4v) is 2.70. The van der Waals surface area contributed by atoms with Gasteiger partial charge in [0.05, 0.1) is 0 Å². The number of amides is 2. The number of carbonyl (C=O) groups is 2. The lowest BCUT2D eigenvalue weighted by Gasteiger charge is -2.13. The van der Waals surface area contributed by atoms with Gasteiger partial charge in [0.1, 0.15) is 0 Å². The van der Waals surface area contributed by atoms with E-state index in [9.17, 15) is 9.59 Å². The first-order valence-corrected chi connectivity index (χ1v) is 8.80. The molecular weight excluding hydrogens is 336 g/mol. The molecule has 0 saturated heterocycles. The molecule has 0 atom stereocenters. The fraction of sp³-hybridized carbons (Fsp3) is 0.300. The molecule has 0 bridgehead atoms. The molecule has 0 unspecified atom stereocenters. The molecular formula is C20H23ClN2O2. The molecule has 0 saturated carbocycles. The molecule has 2 rings (SSSR count). The highest BCUT2D eigenvalue weighted by atomic mass is 35.5. The average Bonchev–Trinajstić information content (AvgIpc) is 2.60. The van der Waals surface area contributed by atoms with Crippen LogP contribution in [0.15, 0.2) is 42.5 Å². The Kier molecular flexibility index (Phi) is 6.59. The van der Waals surface area contributed by atoms with Crippen molar-refractivity contribution < 1.29 is 9.59 Å². The van der Waals surface area contributed by atoms with Crippen LogP contribution in [0.4, 0.5) is 11.4 Å². The maximum Gasteiger partial charge on any atom is 0.255 e. The third-order valence-electron chi connectivity index (χ3n) is 4.22. The molecule has 0 aromatic heterocycles. The van der Waals surface area contributed by atoms with E-state index in [0.717, 1.165) is 18.4 Å².